The van der Waals surface area contributed by atoms with Crippen molar-refractivity contribution in [2.24, 2.45) is 0 Å². The molecule has 0 aliphatic carbocycles. The lowest BCUT2D eigenvalue weighted by molar-refractivity contribution is 0.0724. The third-order valence-electron chi connectivity index (χ3n) is 4.71. The van der Waals surface area contributed by atoms with Gasteiger partial charge in [-0.05, 0) is 42.7 Å². The number of fused-ring (bicyclic) bond motifs is 1. The summed E-state index contributed by atoms with van der Waals surface area (Å²) < 4.78 is 5.47. The van der Waals surface area contributed by atoms with Gasteiger partial charge in [-0.3, -0.25) is 4.79 Å². The number of H-pyrrole nitrogens is 1. The Morgan fingerprint density at radius 2 is 1.78 bits per heavy atom. The Hall–Kier alpha value is -3.27. The van der Waals surface area contributed by atoms with Crippen LogP contribution in [0.15, 0.2) is 83.5 Å². The third-order valence-corrected chi connectivity index (χ3v) is 4.71. The summed E-state index contributed by atoms with van der Waals surface area (Å²) in [5.74, 6) is 0.787. The fraction of sp³-hybridized carbons (Fsp3) is 0.174. The molecule has 0 aliphatic heterocycles. The molecule has 0 atom stereocenters. The molecule has 2 heterocycles. The van der Waals surface area contributed by atoms with Crippen molar-refractivity contribution in [1.29, 1.82) is 0 Å². The second-order valence-corrected chi connectivity index (χ2v) is 6.67. The van der Waals surface area contributed by atoms with E-state index in [0.29, 0.717) is 18.8 Å². The van der Waals surface area contributed by atoms with Gasteiger partial charge in [-0.2, -0.15) is 0 Å². The maximum absolute atomic E-state index is 13.1. The van der Waals surface area contributed by atoms with Gasteiger partial charge in [0.15, 0.2) is 0 Å². The lowest BCUT2D eigenvalue weighted by atomic mass is 10.1. The number of aromatic amines is 1. The number of rotatable bonds is 7. The molecule has 0 spiro atoms. The number of hydrogen-bond acceptors (Lipinski definition) is 2. The molecule has 2 aromatic heterocycles. The van der Waals surface area contributed by atoms with E-state index in [2.05, 4.69) is 17.1 Å². The summed E-state index contributed by atoms with van der Waals surface area (Å²) in [6.45, 7) is 1.14. The van der Waals surface area contributed by atoms with Crippen molar-refractivity contribution in [1.82, 2.24) is 9.88 Å². The smallest absolute Gasteiger partial charge is 0.270 e. The number of nitrogens with zero attached hydrogens (tertiary/aromatic N) is 1. The second kappa shape index (κ2) is 7.96. The normalized spacial score (nSPS) is 11.0. The van der Waals surface area contributed by atoms with Gasteiger partial charge >= 0.3 is 0 Å². The molecular formula is C23H22N2O2. The van der Waals surface area contributed by atoms with E-state index in [4.69, 9.17) is 4.42 Å². The number of nitrogens with one attached hydrogen (secondary N) is 1. The quantitative estimate of drug-likeness (QED) is 0.503. The van der Waals surface area contributed by atoms with Crippen LogP contribution in [-0.4, -0.2) is 22.3 Å². The molecule has 0 fully saturated rings. The standard InChI is InChI=1S/C23H22N2O2/c26-23(22-16-19-11-4-5-13-21(19)24-22)25(17-20-12-7-15-27-20)14-6-10-18-8-2-1-3-9-18/h1-5,7-9,11-13,15-16,24H,6,10,14,17H2. The SMILES string of the molecule is O=C(c1cc2ccccc2[nH]1)N(CCCc1ccccc1)Cc1ccco1. The monoisotopic (exact) mass is 358 g/mol. The van der Waals surface area contributed by atoms with Gasteiger partial charge in [0.25, 0.3) is 5.91 Å². The van der Waals surface area contributed by atoms with Crippen LogP contribution in [0.3, 0.4) is 0 Å². The molecule has 4 nitrogen and oxygen atoms in total. The topological polar surface area (TPSA) is 49.2 Å². The number of aromatic nitrogens is 1. The summed E-state index contributed by atoms with van der Waals surface area (Å²) in [5.41, 5.74) is 2.87. The number of para-hydroxylation sites is 1. The predicted molar refractivity (Wildman–Crippen MR) is 107 cm³/mol. The van der Waals surface area contributed by atoms with Crippen LogP contribution >= 0.6 is 0 Å². The summed E-state index contributed by atoms with van der Waals surface area (Å²) in [4.78, 5) is 18.2. The largest absolute Gasteiger partial charge is 0.467 e. The van der Waals surface area contributed by atoms with E-state index in [9.17, 15) is 4.79 Å². The number of benzene rings is 2. The Balaban J connectivity index is 1.50. The number of aryl methyl sites for hydroxylation is 1. The molecule has 136 valence electrons. The van der Waals surface area contributed by atoms with Gasteiger partial charge in [0, 0.05) is 17.4 Å². The van der Waals surface area contributed by atoms with Crippen LogP contribution in [0.1, 0.15) is 28.2 Å². The average Bonchev–Trinajstić information content (AvgIpc) is 3.37. The number of amides is 1. The molecule has 4 aromatic rings. The minimum atomic E-state index is -0.00402. The highest BCUT2D eigenvalue weighted by Crippen LogP contribution is 2.18. The van der Waals surface area contributed by atoms with E-state index in [1.54, 1.807) is 6.26 Å². The van der Waals surface area contributed by atoms with Crippen molar-refractivity contribution in [3.05, 3.63) is 96.1 Å². The molecule has 0 bridgehead atoms. The van der Waals surface area contributed by atoms with Gasteiger partial charge in [0.2, 0.25) is 0 Å². The molecule has 1 N–H and O–H groups in total. The van der Waals surface area contributed by atoms with Crippen LogP contribution in [-0.2, 0) is 13.0 Å². The van der Waals surface area contributed by atoms with Gasteiger partial charge in [-0.25, -0.2) is 0 Å². The van der Waals surface area contributed by atoms with E-state index >= 15 is 0 Å². The van der Waals surface area contributed by atoms with E-state index in [1.807, 2.05) is 65.6 Å². The summed E-state index contributed by atoms with van der Waals surface area (Å²) in [6.07, 6.45) is 3.48. The van der Waals surface area contributed by atoms with E-state index in [1.165, 1.54) is 5.56 Å². The Labute approximate surface area is 158 Å². The van der Waals surface area contributed by atoms with E-state index < -0.39 is 0 Å². The average molecular weight is 358 g/mol. The van der Waals surface area contributed by atoms with Crippen molar-refractivity contribution >= 4 is 16.8 Å². The number of carbonyl (C=O) groups excluding carboxylic acids is 1. The fourth-order valence-corrected chi connectivity index (χ4v) is 3.32. The van der Waals surface area contributed by atoms with Crippen LogP contribution in [0.5, 0.6) is 0 Å². The molecule has 0 aliphatic rings. The molecule has 0 saturated heterocycles. The van der Waals surface area contributed by atoms with Gasteiger partial charge in [-0.1, -0.05) is 48.5 Å². The fourth-order valence-electron chi connectivity index (χ4n) is 3.32. The van der Waals surface area contributed by atoms with Crippen molar-refractivity contribution < 1.29 is 9.21 Å². The lowest BCUT2D eigenvalue weighted by Crippen LogP contribution is -2.32. The number of hydrogen-bond donors (Lipinski definition) is 1. The van der Waals surface area contributed by atoms with Gasteiger partial charge in [0.1, 0.15) is 11.5 Å². The molecule has 0 unspecified atom stereocenters. The molecule has 4 rings (SSSR count). The van der Waals surface area contributed by atoms with Gasteiger partial charge in [-0.15, -0.1) is 0 Å². The molecule has 0 saturated carbocycles. The second-order valence-electron chi connectivity index (χ2n) is 6.67. The lowest BCUT2D eigenvalue weighted by Gasteiger charge is -2.21. The van der Waals surface area contributed by atoms with Crippen molar-refractivity contribution in [3.8, 4) is 0 Å². The van der Waals surface area contributed by atoms with Crippen molar-refractivity contribution in [2.45, 2.75) is 19.4 Å². The van der Waals surface area contributed by atoms with Crippen LogP contribution < -0.4 is 0 Å². The van der Waals surface area contributed by atoms with Crippen LogP contribution in [0.25, 0.3) is 10.9 Å². The summed E-state index contributed by atoms with van der Waals surface area (Å²) >= 11 is 0. The number of carbonyl (C=O) groups is 1. The molecule has 1 amide bonds. The van der Waals surface area contributed by atoms with Gasteiger partial charge < -0.3 is 14.3 Å². The zero-order valence-corrected chi connectivity index (χ0v) is 15.1. The molecule has 27 heavy (non-hydrogen) atoms. The maximum atomic E-state index is 13.1. The van der Waals surface area contributed by atoms with E-state index in [-0.39, 0.29) is 5.91 Å². The first-order chi connectivity index (χ1) is 13.3. The molecular weight excluding hydrogens is 336 g/mol. The first-order valence-electron chi connectivity index (χ1n) is 9.23. The molecule has 4 heteroatoms. The predicted octanol–water partition coefficient (Wildman–Crippen LogP) is 5.04. The highest BCUT2D eigenvalue weighted by atomic mass is 16.3. The minimum absolute atomic E-state index is 0.00402. The third kappa shape index (κ3) is 4.11. The van der Waals surface area contributed by atoms with Crippen molar-refractivity contribution in [2.75, 3.05) is 6.54 Å². The molecule has 2 aromatic carbocycles. The van der Waals surface area contributed by atoms with Crippen LogP contribution in [0.2, 0.25) is 0 Å². The van der Waals surface area contributed by atoms with Crippen molar-refractivity contribution in [3.63, 3.8) is 0 Å². The Morgan fingerprint density at radius 1 is 0.963 bits per heavy atom. The van der Waals surface area contributed by atoms with Gasteiger partial charge in [0.05, 0.1) is 12.8 Å². The number of furan rings is 1. The highest BCUT2D eigenvalue weighted by molar-refractivity contribution is 5.98. The maximum Gasteiger partial charge on any atom is 0.270 e. The zero-order valence-electron chi connectivity index (χ0n) is 15.1. The summed E-state index contributed by atoms with van der Waals surface area (Å²) in [6, 6.07) is 24.0. The Bertz CT molecular complexity index is 970. The molecule has 0 radical (unpaired) electrons. The first-order valence-corrected chi connectivity index (χ1v) is 9.23. The van der Waals surface area contributed by atoms with Crippen LogP contribution in [0, 0.1) is 0 Å². The first kappa shape index (κ1) is 17.2. The summed E-state index contributed by atoms with van der Waals surface area (Å²) in [5, 5.41) is 1.04. The highest BCUT2D eigenvalue weighted by Gasteiger charge is 2.19. The zero-order chi connectivity index (χ0) is 18.5. The Morgan fingerprint density at radius 3 is 2.56 bits per heavy atom. The summed E-state index contributed by atoms with van der Waals surface area (Å²) in [7, 11) is 0. The van der Waals surface area contributed by atoms with Crippen LogP contribution in [0.4, 0.5) is 0 Å². The minimum Gasteiger partial charge on any atom is -0.467 e. The Kier molecular flexibility index (Phi) is 5.06. The van der Waals surface area contributed by atoms with E-state index in [0.717, 1.165) is 29.5 Å².